The maximum Gasteiger partial charge on any atom is 0.330 e. The molecule has 0 radical (unpaired) electrons. The minimum absolute atomic E-state index is 0.0204. The number of ether oxygens (including phenoxy) is 20. The van der Waals surface area contributed by atoms with Crippen molar-refractivity contribution in [2.75, 3.05) is 264 Å². The molecule has 0 aromatic rings. The first kappa shape index (κ1) is 87.9. The van der Waals surface area contributed by atoms with E-state index >= 15 is 0 Å². The van der Waals surface area contributed by atoms with E-state index in [1.807, 2.05) is 0 Å². The van der Waals surface area contributed by atoms with Gasteiger partial charge in [0.2, 0.25) is 0 Å². The van der Waals surface area contributed by atoms with Crippen LogP contribution in [0.4, 0.5) is 0 Å². The van der Waals surface area contributed by atoms with Crippen molar-refractivity contribution in [1.82, 2.24) is 0 Å². The Morgan fingerprint density at radius 1 is 0.256 bits per heavy atom. The van der Waals surface area contributed by atoms with Crippen LogP contribution >= 0.6 is 0 Å². The monoisotopic (exact) mass is 1310 g/mol. The van der Waals surface area contributed by atoms with Crippen LogP contribution in [0.3, 0.4) is 0 Å². The number of aliphatic hydroxyl groups is 8. The first-order chi connectivity index (χ1) is 43.6. The Labute approximate surface area is 527 Å². The lowest BCUT2D eigenvalue weighted by Crippen LogP contribution is -2.43. The van der Waals surface area contributed by atoms with Gasteiger partial charge in [-0.05, 0) is 0 Å². The van der Waals surface area contributed by atoms with E-state index in [9.17, 15) is 39.6 Å². The highest BCUT2D eigenvalue weighted by Gasteiger charge is 2.34. The molecule has 0 aliphatic rings. The third-order valence-corrected chi connectivity index (χ3v) is 10.8. The molecule has 0 saturated heterocycles. The maximum atomic E-state index is 11.2. The minimum atomic E-state index is -1.07. The largest absolute Gasteiger partial charge is 0.460 e. The van der Waals surface area contributed by atoms with Gasteiger partial charge in [0.05, 0.1) is 249 Å². The minimum Gasteiger partial charge on any atom is -0.460 e. The Morgan fingerprint density at radius 2 is 0.411 bits per heavy atom. The van der Waals surface area contributed by atoms with Gasteiger partial charge in [-0.2, -0.15) is 0 Å². The average molecular weight is 1310 g/mol. The van der Waals surface area contributed by atoms with Crippen LogP contribution in [0, 0.1) is 10.8 Å². The highest BCUT2D eigenvalue weighted by molar-refractivity contribution is 5.82. The first-order valence-electron chi connectivity index (χ1n) is 29.2. The molecule has 0 aliphatic carbocycles. The second kappa shape index (κ2) is 65.0. The highest BCUT2D eigenvalue weighted by atomic mass is 16.6. The summed E-state index contributed by atoms with van der Waals surface area (Å²) in [6, 6.07) is 0. The zero-order valence-electron chi connectivity index (χ0n) is 52.1. The molecule has 0 saturated carbocycles. The summed E-state index contributed by atoms with van der Waals surface area (Å²) in [6.45, 7) is 16.8. The van der Waals surface area contributed by atoms with Gasteiger partial charge in [0.1, 0.15) is 50.8 Å². The number of hydrogen-bond donors (Lipinski definition) is 8. The Balaban J connectivity index is 0. The van der Waals surface area contributed by atoms with Crippen LogP contribution in [0.1, 0.15) is 0 Å². The van der Waals surface area contributed by atoms with E-state index in [2.05, 4.69) is 26.3 Å². The molecule has 0 aliphatic heterocycles. The van der Waals surface area contributed by atoms with Crippen molar-refractivity contribution in [2.24, 2.45) is 10.8 Å². The van der Waals surface area contributed by atoms with Crippen molar-refractivity contribution in [3.63, 3.8) is 0 Å². The fraction of sp³-hybridized carbons (Fsp3) is 0.793. The number of hydrogen-bond acceptors (Lipinski definition) is 32. The Hall–Kier alpha value is -4.12. The van der Waals surface area contributed by atoms with Gasteiger partial charge >= 0.3 is 23.9 Å². The molecular formula is C58H104O32. The quantitative estimate of drug-likeness (QED) is 0.0127. The molecule has 8 N–H and O–H groups in total. The summed E-state index contributed by atoms with van der Waals surface area (Å²) in [4.78, 5) is 44.8. The molecule has 32 heteroatoms. The van der Waals surface area contributed by atoms with E-state index in [4.69, 9.17) is 115 Å². The predicted octanol–water partition coefficient (Wildman–Crippen LogP) is -3.46. The van der Waals surface area contributed by atoms with Crippen LogP contribution in [0.15, 0.2) is 50.6 Å². The summed E-state index contributed by atoms with van der Waals surface area (Å²) in [6.07, 6.45) is -0.362. The first-order valence-corrected chi connectivity index (χ1v) is 29.2. The molecular weight excluding hydrogens is 1210 g/mol. The van der Waals surface area contributed by atoms with E-state index in [1.165, 1.54) is 0 Å². The molecule has 0 heterocycles. The van der Waals surface area contributed by atoms with Gasteiger partial charge in [0, 0.05) is 24.3 Å². The van der Waals surface area contributed by atoms with Gasteiger partial charge in [0.25, 0.3) is 0 Å². The van der Waals surface area contributed by atoms with E-state index in [0.717, 1.165) is 24.3 Å². The fourth-order valence-electron chi connectivity index (χ4n) is 6.44. The zero-order chi connectivity index (χ0) is 66.9. The number of rotatable bonds is 68. The van der Waals surface area contributed by atoms with Gasteiger partial charge in [-0.1, -0.05) is 26.3 Å². The van der Waals surface area contributed by atoms with E-state index < -0.39 is 59.1 Å². The number of esters is 4. The van der Waals surface area contributed by atoms with Crippen LogP contribution in [-0.2, 0) is 114 Å². The third-order valence-electron chi connectivity index (χ3n) is 10.8. The third kappa shape index (κ3) is 57.8. The molecule has 90 heavy (non-hydrogen) atoms. The van der Waals surface area contributed by atoms with Crippen LogP contribution in [0.5, 0.6) is 0 Å². The molecule has 0 spiro atoms. The standard InChI is InChI=1S/C37H60O20.C21H44O12/c1-5-33(42)54-21-29(38)17-46-9-13-50-25-37(26-51-14-10-47-18-30(39)22-55-34(43)6-2,27-52-15-11-48-19-31(40)23-56-35(44)7-3)28-53-16-12-49-20-32(41)24-57-36(45)8-4;22-1-5-26-9-13-30-17-21(18-31-14-10-27-6-2-23,19-32-15-11-28-7-3-24)20-33-16-12-29-8-4-25/h5-8,29-32,38-41H,1-4,9-28H2;22-25H,1-20H2. The van der Waals surface area contributed by atoms with Crippen molar-refractivity contribution in [3.05, 3.63) is 50.6 Å². The molecule has 0 amide bonds. The Morgan fingerprint density at radius 3 is 0.567 bits per heavy atom. The van der Waals surface area contributed by atoms with Crippen molar-refractivity contribution in [3.8, 4) is 0 Å². The van der Waals surface area contributed by atoms with Gasteiger partial charge in [-0.25, -0.2) is 19.2 Å². The average Bonchev–Trinajstić information content (AvgIpc) is 1.40. The van der Waals surface area contributed by atoms with Crippen LogP contribution in [-0.4, -0.2) is 353 Å². The maximum absolute atomic E-state index is 11.2. The molecule has 4 unspecified atom stereocenters. The van der Waals surface area contributed by atoms with Gasteiger partial charge in [-0.15, -0.1) is 0 Å². The number of aliphatic hydroxyl groups excluding tert-OH is 8. The van der Waals surface area contributed by atoms with Gasteiger partial charge in [-0.3, -0.25) is 0 Å². The number of carbonyl (C=O) groups excluding carboxylic acids is 4. The van der Waals surface area contributed by atoms with Crippen LogP contribution < -0.4 is 0 Å². The van der Waals surface area contributed by atoms with Crippen LogP contribution in [0.25, 0.3) is 0 Å². The van der Waals surface area contributed by atoms with E-state index in [1.54, 1.807) is 0 Å². The molecule has 0 fully saturated rings. The normalized spacial score (nSPS) is 13.4. The summed E-state index contributed by atoms with van der Waals surface area (Å²) in [5.74, 6) is -2.71. The lowest BCUT2D eigenvalue weighted by Gasteiger charge is -2.33. The van der Waals surface area contributed by atoms with Crippen molar-refractivity contribution in [2.45, 2.75) is 24.4 Å². The summed E-state index contributed by atoms with van der Waals surface area (Å²) in [5, 5.41) is 75.0. The van der Waals surface area contributed by atoms with E-state index in [-0.39, 0.29) is 211 Å². The Bertz CT molecular complexity index is 1470. The molecule has 4 atom stereocenters. The molecule has 528 valence electrons. The number of carbonyl (C=O) groups is 4. The zero-order valence-corrected chi connectivity index (χ0v) is 52.1. The van der Waals surface area contributed by atoms with Gasteiger partial charge in [0.15, 0.2) is 0 Å². The summed E-state index contributed by atoms with van der Waals surface area (Å²) in [7, 11) is 0. The lowest BCUT2D eigenvalue weighted by molar-refractivity contribution is -0.142. The summed E-state index contributed by atoms with van der Waals surface area (Å²) in [5.41, 5.74) is -1.57. The summed E-state index contributed by atoms with van der Waals surface area (Å²) < 4.78 is 109. The summed E-state index contributed by atoms with van der Waals surface area (Å²) >= 11 is 0. The smallest absolute Gasteiger partial charge is 0.330 e. The molecule has 0 bridgehead atoms. The second-order valence-corrected chi connectivity index (χ2v) is 19.0. The van der Waals surface area contributed by atoms with Crippen molar-refractivity contribution < 1.29 is 155 Å². The molecule has 0 aromatic carbocycles. The van der Waals surface area contributed by atoms with Gasteiger partial charge < -0.3 is 136 Å². The van der Waals surface area contributed by atoms with Crippen LogP contribution in [0.2, 0.25) is 0 Å². The molecule has 0 rings (SSSR count). The van der Waals surface area contributed by atoms with Crippen molar-refractivity contribution >= 4 is 23.9 Å². The Kier molecular flexibility index (Phi) is 63.5. The lowest BCUT2D eigenvalue weighted by atomic mass is 9.92. The topological polar surface area (TPSA) is 415 Å². The fourth-order valence-corrected chi connectivity index (χ4v) is 6.44. The second-order valence-electron chi connectivity index (χ2n) is 19.0. The SMILES string of the molecule is C=CC(=O)OCC(O)COCCOCC(COCCOCC(O)COC(=O)C=C)(COCCOCC(O)COC(=O)C=C)COCCOCC(O)COC(=O)C=C.OCCOCCOCC(COCCOCCO)(COCCOCCO)COCCOCCO. The predicted molar refractivity (Wildman–Crippen MR) is 315 cm³/mol. The molecule has 32 nitrogen and oxygen atoms in total. The van der Waals surface area contributed by atoms with E-state index in [0.29, 0.717) is 52.9 Å². The highest BCUT2D eigenvalue weighted by Crippen LogP contribution is 2.22. The molecule has 0 aromatic heterocycles. The van der Waals surface area contributed by atoms with Crippen molar-refractivity contribution in [1.29, 1.82) is 0 Å².